The Labute approximate surface area is 128 Å². The summed E-state index contributed by atoms with van der Waals surface area (Å²) >= 11 is 0. The predicted molar refractivity (Wildman–Crippen MR) is 86.6 cm³/mol. The molecule has 0 spiro atoms. The first-order valence-electron chi connectivity index (χ1n) is 7.59. The summed E-state index contributed by atoms with van der Waals surface area (Å²) in [5, 5.41) is 0. The molecule has 1 amide bonds. The van der Waals surface area contributed by atoms with Crippen molar-refractivity contribution in [2.24, 2.45) is 11.7 Å². The van der Waals surface area contributed by atoms with E-state index in [4.69, 9.17) is 10.5 Å². The van der Waals surface area contributed by atoms with Gasteiger partial charge >= 0.3 is 0 Å². The van der Waals surface area contributed by atoms with Crippen molar-refractivity contribution in [2.75, 3.05) is 13.6 Å². The summed E-state index contributed by atoms with van der Waals surface area (Å²) in [5.74, 6) is 1.15. The van der Waals surface area contributed by atoms with Crippen molar-refractivity contribution in [3.8, 4) is 5.75 Å². The van der Waals surface area contributed by atoms with Crippen molar-refractivity contribution in [1.82, 2.24) is 4.90 Å². The van der Waals surface area contributed by atoms with E-state index in [0.717, 1.165) is 12.2 Å². The van der Waals surface area contributed by atoms with Gasteiger partial charge in [-0.05, 0) is 44.4 Å². The fourth-order valence-electron chi connectivity index (χ4n) is 1.97. The third-order valence-corrected chi connectivity index (χ3v) is 3.45. The standard InChI is InChI=1S/C17H28N2O2/c1-12(2)16(18)9-10-19(5)17(20)14-7-6-8-15(11-14)21-13(3)4/h6-8,11-13,16H,9-10,18H2,1-5H3. The van der Waals surface area contributed by atoms with Gasteiger partial charge in [0, 0.05) is 25.2 Å². The number of hydrogen-bond acceptors (Lipinski definition) is 3. The van der Waals surface area contributed by atoms with Gasteiger partial charge in [0.05, 0.1) is 6.10 Å². The number of rotatable bonds is 7. The van der Waals surface area contributed by atoms with Gasteiger partial charge in [-0.3, -0.25) is 4.79 Å². The van der Waals surface area contributed by atoms with Crippen LogP contribution in [-0.2, 0) is 0 Å². The molecule has 0 saturated carbocycles. The SMILES string of the molecule is CC(C)Oc1cccc(C(=O)N(C)CCC(N)C(C)C)c1. The van der Waals surface area contributed by atoms with Gasteiger partial charge in [-0.2, -0.15) is 0 Å². The maximum atomic E-state index is 12.4. The van der Waals surface area contributed by atoms with Crippen LogP contribution in [0.15, 0.2) is 24.3 Å². The molecule has 0 bridgehead atoms. The van der Waals surface area contributed by atoms with Crippen LogP contribution in [0.25, 0.3) is 0 Å². The first-order valence-corrected chi connectivity index (χ1v) is 7.59. The second-order valence-electron chi connectivity index (χ2n) is 6.12. The minimum absolute atomic E-state index is 0.000150. The van der Waals surface area contributed by atoms with E-state index < -0.39 is 0 Å². The van der Waals surface area contributed by atoms with Crippen LogP contribution < -0.4 is 10.5 Å². The molecule has 118 valence electrons. The van der Waals surface area contributed by atoms with Gasteiger partial charge in [-0.25, -0.2) is 0 Å². The fraction of sp³-hybridized carbons (Fsp3) is 0.588. The molecule has 0 aliphatic carbocycles. The summed E-state index contributed by atoms with van der Waals surface area (Å²) in [5.41, 5.74) is 6.67. The summed E-state index contributed by atoms with van der Waals surface area (Å²) in [7, 11) is 1.81. The maximum Gasteiger partial charge on any atom is 0.253 e. The maximum absolute atomic E-state index is 12.4. The Kier molecular flexibility index (Phi) is 6.69. The summed E-state index contributed by atoms with van der Waals surface area (Å²) in [4.78, 5) is 14.1. The van der Waals surface area contributed by atoms with Gasteiger partial charge in [-0.15, -0.1) is 0 Å². The number of ether oxygens (including phenoxy) is 1. The van der Waals surface area contributed by atoms with Crippen LogP contribution in [0.5, 0.6) is 5.75 Å². The first kappa shape index (κ1) is 17.5. The van der Waals surface area contributed by atoms with Crippen LogP contribution >= 0.6 is 0 Å². The van der Waals surface area contributed by atoms with E-state index in [0.29, 0.717) is 18.0 Å². The van der Waals surface area contributed by atoms with Crippen molar-refractivity contribution in [3.05, 3.63) is 29.8 Å². The van der Waals surface area contributed by atoms with E-state index in [9.17, 15) is 4.79 Å². The minimum Gasteiger partial charge on any atom is -0.491 e. The Morgan fingerprint density at radius 3 is 2.52 bits per heavy atom. The largest absolute Gasteiger partial charge is 0.491 e. The number of carbonyl (C=O) groups is 1. The Hall–Kier alpha value is -1.55. The van der Waals surface area contributed by atoms with Crippen molar-refractivity contribution in [2.45, 2.75) is 46.3 Å². The van der Waals surface area contributed by atoms with Crippen LogP contribution in [0, 0.1) is 5.92 Å². The van der Waals surface area contributed by atoms with Crippen molar-refractivity contribution >= 4 is 5.91 Å². The van der Waals surface area contributed by atoms with E-state index in [1.54, 1.807) is 11.0 Å². The molecule has 1 rings (SSSR count). The Balaban J connectivity index is 2.65. The molecule has 0 radical (unpaired) electrons. The predicted octanol–water partition coefficient (Wildman–Crippen LogP) is 2.92. The monoisotopic (exact) mass is 292 g/mol. The van der Waals surface area contributed by atoms with E-state index >= 15 is 0 Å². The Morgan fingerprint density at radius 1 is 1.29 bits per heavy atom. The third kappa shape index (κ3) is 5.76. The zero-order chi connectivity index (χ0) is 16.0. The third-order valence-electron chi connectivity index (χ3n) is 3.45. The number of hydrogen-bond donors (Lipinski definition) is 1. The molecule has 0 aliphatic rings. The van der Waals surface area contributed by atoms with Crippen LogP contribution in [0.1, 0.15) is 44.5 Å². The van der Waals surface area contributed by atoms with Gasteiger partial charge in [0.2, 0.25) is 0 Å². The quantitative estimate of drug-likeness (QED) is 0.840. The average molecular weight is 292 g/mol. The smallest absolute Gasteiger partial charge is 0.253 e. The lowest BCUT2D eigenvalue weighted by Crippen LogP contribution is -2.34. The molecule has 4 heteroatoms. The highest BCUT2D eigenvalue weighted by Gasteiger charge is 2.15. The molecule has 21 heavy (non-hydrogen) atoms. The summed E-state index contributed by atoms with van der Waals surface area (Å²) < 4.78 is 5.62. The molecule has 2 N–H and O–H groups in total. The minimum atomic E-state index is 0.000150. The Morgan fingerprint density at radius 2 is 1.95 bits per heavy atom. The molecule has 0 aliphatic heterocycles. The van der Waals surface area contributed by atoms with Crippen molar-refractivity contribution in [1.29, 1.82) is 0 Å². The van der Waals surface area contributed by atoms with Gasteiger partial charge in [-0.1, -0.05) is 19.9 Å². The highest BCUT2D eigenvalue weighted by atomic mass is 16.5. The second kappa shape index (κ2) is 8.03. The van der Waals surface area contributed by atoms with Gasteiger partial charge in [0.25, 0.3) is 5.91 Å². The molecule has 0 saturated heterocycles. The van der Waals surface area contributed by atoms with Crippen LogP contribution in [0.4, 0.5) is 0 Å². The van der Waals surface area contributed by atoms with Gasteiger partial charge in [0.15, 0.2) is 0 Å². The van der Waals surface area contributed by atoms with E-state index in [1.165, 1.54) is 0 Å². The Bertz CT molecular complexity index is 458. The van der Waals surface area contributed by atoms with Crippen LogP contribution in [0.3, 0.4) is 0 Å². The van der Waals surface area contributed by atoms with E-state index in [-0.39, 0.29) is 18.1 Å². The topological polar surface area (TPSA) is 55.6 Å². The zero-order valence-electron chi connectivity index (χ0n) is 13.8. The lowest BCUT2D eigenvalue weighted by Gasteiger charge is -2.22. The van der Waals surface area contributed by atoms with Crippen molar-refractivity contribution < 1.29 is 9.53 Å². The zero-order valence-corrected chi connectivity index (χ0v) is 13.8. The molecule has 1 unspecified atom stereocenters. The number of carbonyl (C=O) groups excluding carboxylic acids is 1. The molecule has 0 fully saturated rings. The molecule has 0 aromatic heterocycles. The highest BCUT2D eigenvalue weighted by Crippen LogP contribution is 2.16. The number of nitrogens with two attached hydrogens (primary N) is 1. The van der Waals surface area contributed by atoms with Crippen LogP contribution in [-0.4, -0.2) is 36.5 Å². The lowest BCUT2D eigenvalue weighted by molar-refractivity contribution is 0.0788. The van der Waals surface area contributed by atoms with Gasteiger partial charge in [0.1, 0.15) is 5.75 Å². The average Bonchev–Trinajstić information content (AvgIpc) is 2.42. The van der Waals surface area contributed by atoms with Gasteiger partial charge < -0.3 is 15.4 Å². The highest BCUT2D eigenvalue weighted by molar-refractivity contribution is 5.94. The molecular formula is C17H28N2O2. The second-order valence-corrected chi connectivity index (χ2v) is 6.12. The summed E-state index contributed by atoms with van der Waals surface area (Å²) in [6.45, 7) is 8.79. The molecule has 1 aromatic rings. The number of benzene rings is 1. The molecular weight excluding hydrogens is 264 g/mol. The van der Waals surface area contributed by atoms with E-state index in [2.05, 4.69) is 13.8 Å². The van der Waals surface area contributed by atoms with Crippen molar-refractivity contribution in [3.63, 3.8) is 0 Å². The molecule has 1 atom stereocenters. The first-order chi connectivity index (χ1) is 9.81. The van der Waals surface area contributed by atoms with Crippen LogP contribution in [0.2, 0.25) is 0 Å². The van der Waals surface area contributed by atoms with E-state index in [1.807, 2.05) is 39.1 Å². The summed E-state index contributed by atoms with van der Waals surface area (Å²) in [6, 6.07) is 7.44. The fourth-order valence-corrected chi connectivity index (χ4v) is 1.97. The molecule has 0 heterocycles. The number of amides is 1. The molecule has 4 nitrogen and oxygen atoms in total. The molecule has 1 aromatic carbocycles. The normalized spacial score (nSPS) is 12.6. The lowest BCUT2D eigenvalue weighted by atomic mass is 10.0. The summed E-state index contributed by atoms with van der Waals surface area (Å²) in [6.07, 6.45) is 0.902. The number of nitrogens with zero attached hydrogens (tertiary/aromatic N) is 1.